The topological polar surface area (TPSA) is 127 Å². The second-order valence-corrected chi connectivity index (χ2v) is 5.20. The first-order valence-corrected chi connectivity index (χ1v) is 7.68. The number of aromatic hydroxyl groups is 1. The van der Waals surface area contributed by atoms with E-state index < -0.39 is 12.6 Å². The summed E-state index contributed by atoms with van der Waals surface area (Å²) in [5.41, 5.74) is 1.28. The van der Waals surface area contributed by atoms with Crippen molar-refractivity contribution in [3.8, 4) is 5.75 Å². The molecule has 0 radical (unpaired) electrons. The van der Waals surface area contributed by atoms with Gasteiger partial charge in [0.1, 0.15) is 5.75 Å². The van der Waals surface area contributed by atoms with Gasteiger partial charge in [0.05, 0.1) is 17.6 Å². The van der Waals surface area contributed by atoms with Gasteiger partial charge >= 0.3 is 29.6 Å². The Morgan fingerprint density at radius 3 is 1.85 bits per heavy atom. The molecule has 0 spiro atoms. The zero-order valence-electron chi connectivity index (χ0n) is 15.2. The van der Waals surface area contributed by atoms with Gasteiger partial charge in [-0.2, -0.15) is 0 Å². The Hall–Kier alpha value is -1.90. The molecule has 0 atom stereocenters. The van der Waals surface area contributed by atoms with E-state index in [4.69, 9.17) is 31.7 Å². The number of carboxylic acid groups (broad SMARTS) is 1. The summed E-state index contributed by atoms with van der Waals surface area (Å²) in [7, 11) is 0. The number of carbonyl (C=O) groups excluding carboxylic acids is 3. The van der Waals surface area contributed by atoms with E-state index in [-0.39, 0.29) is 47.0 Å². The number of nitrogens with one attached hydrogen (secondary N) is 1. The van der Waals surface area contributed by atoms with Crippen LogP contribution in [0.2, 0.25) is 5.02 Å². The summed E-state index contributed by atoms with van der Waals surface area (Å²) in [4.78, 5) is 30.3. The number of aliphatic hydroxyl groups excluding tert-OH is 1. The Kier molecular flexibility index (Phi) is 15.4. The monoisotopic (exact) mass is 403 g/mol. The van der Waals surface area contributed by atoms with E-state index in [9.17, 15) is 9.59 Å². The Labute approximate surface area is 184 Å². The molecule has 9 heteroatoms. The maximum Gasteiger partial charge on any atom is 1.00 e. The average Bonchev–Trinajstić information content (AvgIpc) is 2.58. The van der Waals surface area contributed by atoms with E-state index in [1.165, 1.54) is 26.0 Å². The van der Waals surface area contributed by atoms with Crippen LogP contribution in [0.1, 0.15) is 24.2 Å². The number of anilines is 1. The quantitative estimate of drug-likeness (QED) is 0.329. The fourth-order valence-electron chi connectivity index (χ4n) is 1.49. The van der Waals surface area contributed by atoms with Crippen LogP contribution in [0.4, 0.5) is 5.69 Å². The number of Topliss-reactive ketones (excluding diaryl/α,β-unsaturated/α-hetero) is 1. The van der Waals surface area contributed by atoms with Crippen LogP contribution in [-0.4, -0.2) is 34.5 Å². The van der Waals surface area contributed by atoms with Gasteiger partial charge in [-0.05, 0) is 43.3 Å². The van der Waals surface area contributed by atoms with Crippen LogP contribution < -0.4 is 40.0 Å². The van der Waals surface area contributed by atoms with Gasteiger partial charge in [0.2, 0.25) is 5.91 Å². The third kappa shape index (κ3) is 13.9. The number of aliphatic carboxylic acids is 1. The number of hydrogen-bond acceptors (Lipinski definition) is 6. The molecule has 0 unspecified atom stereocenters. The Morgan fingerprint density at radius 2 is 1.52 bits per heavy atom. The molecule has 0 fully saturated rings. The number of amides is 1. The van der Waals surface area contributed by atoms with Gasteiger partial charge < -0.3 is 25.4 Å². The molecule has 2 aromatic carbocycles. The second-order valence-electron chi connectivity index (χ2n) is 4.79. The number of rotatable bonds is 3. The molecule has 7 nitrogen and oxygen atoms in total. The van der Waals surface area contributed by atoms with Crippen LogP contribution in [0.5, 0.6) is 5.75 Å². The fourth-order valence-corrected chi connectivity index (χ4v) is 1.76. The summed E-state index contributed by atoms with van der Waals surface area (Å²) in [5.74, 6) is -1.36. The van der Waals surface area contributed by atoms with Crippen molar-refractivity contribution in [1.82, 2.24) is 0 Å². The minimum atomic E-state index is -1.44. The van der Waals surface area contributed by atoms with Gasteiger partial charge in [-0.15, -0.1) is 0 Å². The molecular weight excluding hydrogens is 385 g/mol. The molecular formula is C18H19ClNNaO6. The van der Waals surface area contributed by atoms with E-state index in [1.54, 1.807) is 36.4 Å². The molecule has 0 aliphatic carbocycles. The number of hydrogen-bond donors (Lipinski definition) is 3. The summed E-state index contributed by atoms with van der Waals surface area (Å²) in [6.45, 7) is 2.05. The summed E-state index contributed by atoms with van der Waals surface area (Å²) < 4.78 is 0. The molecule has 2 aromatic rings. The fraction of sp³-hybridized carbons (Fsp3) is 0.167. The molecule has 0 saturated heterocycles. The maximum absolute atomic E-state index is 10.8. The van der Waals surface area contributed by atoms with Gasteiger partial charge in [-0.25, -0.2) is 0 Å². The smallest absolute Gasteiger partial charge is 0.548 e. The van der Waals surface area contributed by atoms with E-state index in [1.807, 2.05) is 0 Å². The zero-order chi connectivity index (χ0) is 20.1. The van der Waals surface area contributed by atoms with E-state index in [0.29, 0.717) is 16.3 Å². The van der Waals surface area contributed by atoms with E-state index >= 15 is 0 Å². The van der Waals surface area contributed by atoms with Crippen molar-refractivity contribution in [3.63, 3.8) is 0 Å². The van der Waals surface area contributed by atoms with Crippen molar-refractivity contribution in [2.45, 2.75) is 13.8 Å². The number of carbonyl (C=O) groups is 3. The minimum Gasteiger partial charge on any atom is -0.548 e. The normalized spacial score (nSPS) is 8.59. The largest absolute Gasteiger partial charge is 1.00 e. The predicted octanol–water partition coefficient (Wildman–Crippen LogP) is -1.37. The zero-order valence-corrected chi connectivity index (χ0v) is 18.0. The number of benzene rings is 2. The number of carboxylic acids is 1. The first-order valence-electron chi connectivity index (χ1n) is 7.30. The molecule has 1 amide bonds. The third-order valence-electron chi connectivity index (χ3n) is 2.57. The predicted molar refractivity (Wildman–Crippen MR) is 96.0 cm³/mol. The van der Waals surface area contributed by atoms with Gasteiger partial charge in [-0.1, -0.05) is 23.7 Å². The molecule has 0 saturated carbocycles. The van der Waals surface area contributed by atoms with E-state index in [0.717, 1.165) is 0 Å². The Morgan fingerprint density at radius 1 is 1.04 bits per heavy atom. The molecule has 0 aromatic heterocycles. The summed E-state index contributed by atoms with van der Waals surface area (Å²) >= 11 is 5.70. The number of aliphatic hydroxyl groups is 1. The van der Waals surface area contributed by atoms with Crippen LogP contribution in [0.25, 0.3) is 0 Å². The maximum atomic E-state index is 10.8. The van der Waals surface area contributed by atoms with Crippen LogP contribution in [0, 0.1) is 0 Å². The van der Waals surface area contributed by atoms with Crippen molar-refractivity contribution in [1.29, 1.82) is 0 Å². The van der Waals surface area contributed by atoms with Gasteiger partial charge in [0, 0.05) is 18.2 Å². The number of phenols is 1. The molecule has 0 bridgehead atoms. The summed E-state index contributed by atoms with van der Waals surface area (Å²) in [5, 5.41) is 28.5. The molecule has 0 aliphatic heterocycles. The van der Waals surface area contributed by atoms with Crippen LogP contribution in [-0.2, 0) is 9.59 Å². The second kappa shape index (κ2) is 15.2. The van der Waals surface area contributed by atoms with Crippen LogP contribution >= 0.6 is 11.6 Å². The van der Waals surface area contributed by atoms with Crippen LogP contribution in [0.15, 0.2) is 48.5 Å². The Bertz CT molecular complexity index is 737. The van der Waals surface area contributed by atoms with Crippen molar-refractivity contribution < 1.29 is 59.3 Å². The van der Waals surface area contributed by atoms with Crippen molar-refractivity contribution in [2.75, 3.05) is 11.9 Å². The number of halogens is 1. The van der Waals surface area contributed by atoms with Crippen LogP contribution in [0.3, 0.4) is 0 Å². The van der Waals surface area contributed by atoms with Crippen molar-refractivity contribution >= 4 is 34.9 Å². The first kappa shape index (κ1) is 27.3. The minimum absolute atomic E-state index is 0. The molecule has 0 heterocycles. The van der Waals surface area contributed by atoms with Crippen molar-refractivity contribution in [2.24, 2.45) is 0 Å². The Balaban J connectivity index is 0. The molecule has 27 heavy (non-hydrogen) atoms. The molecule has 3 N–H and O–H groups in total. The molecule has 0 aliphatic rings. The van der Waals surface area contributed by atoms with Gasteiger partial charge in [-0.3, -0.25) is 9.59 Å². The third-order valence-corrected chi connectivity index (χ3v) is 2.90. The number of ketones is 1. The SMILES string of the molecule is CC(=O)Nc1ccc(O)cc1.CC(=O)c1ccccc1Cl.O=C([O-])CO.[Na+]. The van der Waals surface area contributed by atoms with Crippen molar-refractivity contribution in [3.05, 3.63) is 59.1 Å². The van der Waals surface area contributed by atoms with Gasteiger partial charge in [0.25, 0.3) is 0 Å². The standard InChI is InChI=1S/C8H7ClO.C8H9NO2.C2H4O3.Na/c1-6(10)7-4-2-3-5-8(7)9;1-6(10)9-7-2-4-8(11)5-3-7;3-1-2(4)5;/h2-5H,1H3;2-5,11H,1H3,(H,9,10);3H,1H2,(H,4,5);/q;;;+1/p-1. The molecule has 2 rings (SSSR count). The van der Waals surface area contributed by atoms with E-state index in [2.05, 4.69) is 5.32 Å². The average molecular weight is 404 g/mol. The first-order chi connectivity index (χ1) is 12.2. The summed E-state index contributed by atoms with van der Waals surface area (Å²) in [6, 6.07) is 13.3. The number of phenolic OH excluding ortho intramolecular Hbond substituents is 1. The molecule has 140 valence electrons. The van der Waals surface area contributed by atoms with Gasteiger partial charge in [0.15, 0.2) is 5.78 Å². The summed E-state index contributed by atoms with van der Waals surface area (Å²) in [6.07, 6.45) is 0.